The molecule has 1 N–H and O–H groups in total. The van der Waals surface area contributed by atoms with Gasteiger partial charge in [0.25, 0.3) is 0 Å². The van der Waals surface area contributed by atoms with Gasteiger partial charge in [0.2, 0.25) is 11.5 Å². The number of ether oxygens (including phenoxy) is 1. The van der Waals surface area contributed by atoms with E-state index in [1.807, 2.05) is 0 Å². The Hall–Kier alpha value is -2.17. The van der Waals surface area contributed by atoms with E-state index in [1.165, 1.54) is 12.1 Å². The first kappa shape index (κ1) is 11.9. The van der Waals surface area contributed by atoms with Crippen LogP contribution < -0.4 is 0 Å². The Morgan fingerprint density at radius 3 is 2.44 bits per heavy atom. The molecular formula is C11H11NO4. The molecule has 1 aromatic carbocycles. The minimum Gasteiger partial charge on any atom is -0.461 e. The highest BCUT2D eigenvalue weighted by molar-refractivity contribution is 6.67. The molecule has 0 aliphatic carbocycles. The van der Waals surface area contributed by atoms with Gasteiger partial charge < -0.3 is 9.94 Å². The van der Waals surface area contributed by atoms with Crippen molar-refractivity contribution >= 4 is 17.5 Å². The largest absolute Gasteiger partial charge is 0.461 e. The number of carbonyl (C=O) groups is 2. The number of ketones is 1. The van der Waals surface area contributed by atoms with Crippen molar-refractivity contribution < 1.29 is 19.5 Å². The van der Waals surface area contributed by atoms with Crippen LogP contribution in [0.2, 0.25) is 0 Å². The van der Waals surface area contributed by atoms with Gasteiger partial charge in [0.15, 0.2) is 0 Å². The maximum atomic E-state index is 11.7. The summed E-state index contributed by atoms with van der Waals surface area (Å²) in [5, 5.41) is 11.3. The summed E-state index contributed by atoms with van der Waals surface area (Å²) in [6.45, 7) is 1.71. The molecule has 0 atom stereocenters. The molecule has 0 saturated carbocycles. The summed E-state index contributed by atoms with van der Waals surface area (Å²) in [6, 6.07) is 8.07. The first-order valence-electron chi connectivity index (χ1n) is 4.69. The number of hydrogen-bond acceptors (Lipinski definition) is 5. The van der Waals surface area contributed by atoms with E-state index < -0.39 is 17.5 Å². The lowest BCUT2D eigenvalue weighted by atomic mass is 10.1. The van der Waals surface area contributed by atoms with Crippen LogP contribution in [0.1, 0.15) is 17.3 Å². The minimum atomic E-state index is -0.932. The fourth-order valence-electron chi connectivity index (χ4n) is 1.10. The maximum absolute atomic E-state index is 11.7. The first-order chi connectivity index (χ1) is 7.70. The molecule has 16 heavy (non-hydrogen) atoms. The highest BCUT2D eigenvalue weighted by atomic mass is 16.5. The summed E-state index contributed by atoms with van der Waals surface area (Å²) in [6.07, 6.45) is 0. The number of benzene rings is 1. The number of rotatable bonds is 4. The number of oxime groups is 1. The zero-order valence-corrected chi connectivity index (χ0v) is 8.71. The smallest absolute Gasteiger partial charge is 0.364 e. The van der Waals surface area contributed by atoms with E-state index in [4.69, 9.17) is 5.21 Å². The number of esters is 1. The molecule has 0 aromatic heterocycles. The zero-order chi connectivity index (χ0) is 12.0. The van der Waals surface area contributed by atoms with Gasteiger partial charge in [-0.1, -0.05) is 35.5 Å². The first-order valence-corrected chi connectivity index (χ1v) is 4.69. The molecule has 0 heterocycles. The summed E-state index contributed by atoms with van der Waals surface area (Å²) < 4.78 is 4.59. The van der Waals surface area contributed by atoms with Crippen LogP contribution >= 0.6 is 0 Å². The monoisotopic (exact) mass is 221 g/mol. The van der Waals surface area contributed by atoms with E-state index in [1.54, 1.807) is 25.1 Å². The topological polar surface area (TPSA) is 76.0 Å². The molecule has 0 fully saturated rings. The predicted octanol–water partition coefficient (Wildman–Crippen LogP) is 1.26. The van der Waals surface area contributed by atoms with Crippen LogP contribution in [-0.4, -0.2) is 29.3 Å². The highest BCUT2D eigenvalue weighted by Crippen LogP contribution is 2.02. The van der Waals surface area contributed by atoms with Crippen LogP contribution in [-0.2, 0) is 9.53 Å². The molecule has 0 unspecified atom stereocenters. The normalized spacial score (nSPS) is 10.9. The van der Waals surface area contributed by atoms with E-state index in [9.17, 15) is 9.59 Å². The van der Waals surface area contributed by atoms with Crippen LogP contribution in [0.25, 0.3) is 0 Å². The van der Waals surface area contributed by atoms with Gasteiger partial charge >= 0.3 is 5.97 Å². The van der Waals surface area contributed by atoms with Gasteiger partial charge in [-0.25, -0.2) is 4.79 Å². The van der Waals surface area contributed by atoms with Crippen molar-refractivity contribution in [2.45, 2.75) is 6.92 Å². The van der Waals surface area contributed by atoms with Gasteiger partial charge in [0.05, 0.1) is 6.61 Å². The van der Waals surface area contributed by atoms with Crippen molar-refractivity contribution in [1.82, 2.24) is 0 Å². The Kier molecular flexibility index (Phi) is 4.20. The van der Waals surface area contributed by atoms with E-state index in [-0.39, 0.29) is 12.2 Å². The Morgan fingerprint density at radius 1 is 1.31 bits per heavy atom. The molecular weight excluding hydrogens is 210 g/mol. The van der Waals surface area contributed by atoms with Crippen molar-refractivity contribution in [3.8, 4) is 0 Å². The molecule has 0 bridgehead atoms. The molecule has 5 heteroatoms. The van der Waals surface area contributed by atoms with E-state index >= 15 is 0 Å². The number of nitrogens with zero attached hydrogens (tertiary/aromatic N) is 1. The fourth-order valence-corrected chi connectivity index (χ4v) is 1.10. The van der Waals surface area contributed by atoms with Crippen molar-refractivity contribution in [3.05, 3.63) is 35.9 Å². The Labute approximate surface area is 92.3 Å². The summed E-state index contributed by atoms with van der Waals surface area (Å²) in [5.41, 5.74) is -0.351. The molecule has 0 aliphatic heterocycles. The van der Waals surface area contributed by atoms with Crippen molar-refractivity contribution in [2.75, 3.05) is 6.61 Å². The van der Waals surface area contributed by atoms with Gasteiger partial charge in [-0.05, 0) is 6.92 Å². The molecule has 84 valence electrons. The molecule has 1 aromatic rings. The molecule has 0 amide bonds. The molecule has 5 nitrogen and oxygen atoms in total. The Morgan fingerprint density at radius 2 is 1.94 bits per heavy atom. The van der Waals surface area contributed by atoms with Crippen LogP contribution in [0.3, 0.4) is 0 Å². The zero-order valence-electron chi connectivity index (χ0n) is 8.71. The predicted molar refractivity (Wildman–Crippen MR) is 56.6 cm³/mol. The van der Waals surface area contributed by atoms with E-state index in [0.717, 1.165) is 0 Å². The number of Topliss-reactive ketones (excluding diaryl/α,β-unsaturated/α-hetero) is 1. The molecule has 0 saturated heterocycles. The van der Waals surface area contributed by atoms with E-state index in [2.05, 4.69) is 9.89 Å². The second-order valence-corrected chi connectivity index (χ2v) is 2.86. The lowest BCUT2D eigenvalue weighted by Gasteiger charge is -2.02. The summed E-state index contributed by atoms with van der Waals surface area (Å²) in [4.78, 5) is 23.0. The summed E-state index contributed by atoms with van der Waals surface area (Å²) in [7, 11) is 0. The standard InChI is InChI=1S/C11H11NO4/c1-2-16-11(14)9(12-15)10(13)8-6-4-3-5-7-8/h3-7,15H,2H2,1H3/b12-9-. The third-order valence-corrected chi connectivity index (χ3v) is 1.82. The van der Waals surface area contributed by atoms with Gasteiger partial charge in [-0.2, -0.15) is 0 Å². The fraction of sp³-hybridized carbons (Fsp3) is 0.182. The molecule has 0 aliphatic rings. The molecule has 0 spiro atoms. The van der Waals surface area contributed by atoms with Crippen LogP contribution in [0.5, 0.6) is 0 Å². The van der Waals surface area contributed by atoms with E-state index in [0.29, 0.717) is 0 Å². The second kappa shape index (κ2) is 5.65. The van der Waals surface area contributed by atoms with Gasteiger partial charge in [-0.3, -0.25) is 4.79 Å². The lowest BCUT2D eigenvalue weighted by molar-refractivity contribution is -0.135. The van der Waals surface area contributed by atoms with Gasteiger partial charge in [0, 0.05) is 5.56 Å². The van der Waals surface area contributed by atoms with Crippen molar-refractivity contribution in [1.29, 1.82) is 0 Å². The second-order valence-electron chi connectivity index (χ2n) is 2.86. The summed E-state index contributed by atoms with van der Waals surface area (Å²) >= 11 is 0. The quantitative estimate of drug-likeness (QED) is 0.207. The lowest BCUT2D eigenvalue weighted by Crippen LogP contribution is -2.26. The average molecular weight is 221 g/mol. The Bertz CT molecular complexity index is 411. The van der Waals surface area contributed by atoms with Gasteiger partial charge in [-0.15, -0.1) is 0 Å². The van der Waals surface area contributed by atoms with Crippen LogP contribution in [0.15, 0.2) is 35.5 Å². The average Bonchev–Trinajstić information content (AvgIpc) is 2.31. The summed E-state index contributed by atoms with van der Waals surface area (Å²) in [5.74, 6) is -1.60. The van der Waals surface area contributed by atoms with Crippen molar-refractivity contribution in [3.63, 3.8) is 0 Å². The number of hydrogen-bond donors (Lipinski definition) is 1. The maximum Gasteiger partial charge on any atom is 0.364 e. The Balaban J connectivity index is 2.92. The van der Waals surface area contributed by atoms with Crippen molar-refractivity contribution in [2.24, 2.45) is 5.16 Å². The highest BCUT2D eigenvalue weighted by Gasteiger charge is 2.23. The SMILES string of the molecule is CCOC(=O)/C(=N\O)C(=O)c1ccccc1. The third kappa shape index (κ3) is 2.66. The van der Waals surface area contributed by atoms with Crippen LogP contribution in [0, 0.1) is 0 Å². The molecule has 1 rings (SSSR count). The minimum absolute atomic E-state index is 0.111. The van der Waals surface area contributed by atoms with Crippen LogP contribution in [0.4, 0.5) is 0 Å². The third-order valence-electron chi connectivity index (χ3n) is 1.82. The number of carbonyl (C=O) groups excluding carboxylic acids is 2. The molecule has 0 radical (unpaired) electrons. The van der Waals surface area contributed by atoms with Gasteiger partial charge in [0.1, 0.15) is 0 Å².